The lowest BCUT2D eigenvalue weighted by molar-refractivity contribution is -0.119. The molecule has 0 bridgehead atoms. The van der Waals surface area contributed by atoms with Crippen LogP contribution in [0.25, 0.3) is 32.9 Å². The Labute approximate surface area is 221 Å². The second-order valence-electron chi connectivity index (χ2n) is 8.50. The monoisotopic (exact) mass is 528 g/mol. The fraction of sp³-hybridized carbons (Fsp3) is 0.100. The SMILES string of the molecule is COc1ccc2cc(-c3cc(C(=O)OCC(=O)Nc4ccccc4OC(F)F)c4ccccc4n3)ccc2c1. The molecule has 0 saturated heterocycles. The van der Waals surface area contributed by atoms with Crippen molar-refractivity contribution < 1.29 is 32.6 Å². The van der Waals surface area contributed by atoms with E-state index in [9.17, 15) is 18.4 Å². The van der Waals surface area contributed by atoms with Crippen molar-refractivity contribution in [3.05, 3.63) is 96.6 Å². The predicted octanol–water partition coefficient (Wildman–Crippen LogP) is 6.46. The topological polar surface area (TPSA) is 86.8 Å². The van der Waals surface area contributed by atoms with E-state index in [-0.39, 0.29) is 17.0 Å². The number of halogens is 2. The fourth-order valence-corrected chi connectivity index (χ4v) is 4.17. The molecule has 0 aliphatic heterocycles. The third kappa shape index (κ3) is 5.77. The Bertz CT molecular complexity index is 1690. The summed E-state index contributed by atoms with van der Waals surface area (Å²) in [5, 5.41) is 4.95. The van der Waals surface area contributed by atoms with Gasteiger partial charge in [-0.15, -0.1) is 0 Å². The molecule has 0 aliphatic carbocycles. The van der Waals surface area contributed by atoms with E-state index in [0.717, 1.165) is 22.1 Å². The molecular weight excluding hydrogens is 506 g/mol. The van der Waals surface area contributed by atoms with Crippen molar-refractivity contribution in [2.75, 3.05) is 19.0 Å². The lowest BCUT2D eigenvalue weighted by Gasteiger charge is -2.13. The Morgan fingerprint density at radius 2 is 1.64 bits per heavy atom. The van der Waals surface area contributed by atoms with Crippen molar-refractivity contribution in [2.45, 2.75) is 6.61 Å². The average molecular weight is 529 g/mol. The number of nitrogens with zero attached hydrogens (tertiary/aromatic N) is 1. The molecule has 0 spiro atoms. The minimum atomic E-state index is -3.06. The van der Waals surface area contributed by atoms with E-state index in [1.54, 1.807) is 37.4 Å². The molecule has 7 nitrogen and oxygen atoms in total. The van der Waals surface area contributed by atoms with E-state index in [1.165, 1.54) is 18.2 Å². The smallest absolute Gasteiger partial charge is 0.387 e. The summed E-state index contributed by atoms with van der Waals surface area (Å²) in [7, 11) is 1.61. The number of ether oxygens (including phenoxy) is 3. The van der Waals surface area contributed by atoms with Crippen molar-refractivity contribution >= 4 is 39.2 Å². The van der Waals surface area contributed by atoms with Crippen LogP contribution in [0.2, 0.25) is 0 Å². The Hall–Kier alpha value is -5.05. The van der Waals surface area contributed by atoms with Gasteiger partial charge in [-0.05, 0) is 53.2 Å². The van der Waals surface area contributed by atoms with Gasteiger partial charge in [0.25, 0.3) is 5.91 Å². The Morgan fingerprint density at radius 1 is 0.897 bits per heavy atom. The summed E-state index contributed by atoms with van der Waals surface area (Å²) in [5.74, 6) is -0.895. The number of benzene rings is 4. The van der Waals surface area contributed by atoms with Crippen molar-refractivity contribution in [3.8, 4) is 22.8 Å². The van der Waals surface area contributed by atoms with Gasteiger partial charge in [0.1, 0.15) is 11.5 Å². The second kappa shape index (κ2) is 11.1. The van der Waals surface area contributed by atoms with Crippen LogP contribution < -0.4 is 14.8 Å². The maximum Gasteiger partial charge on any atom is 0.387 e. The summed E-state index contributed by atoms with van der Waals surface area (Å²) in [6, 6.07) is 26.0. The largest absolute Gasteiger partial charge is 0.497 e. The van der Waals surface area contributed by atoms with Crippen LogP contribution in [-0.4, -0.2) is 37.2 Å². The van der Waals surface area contributed by atoms with Crippen LogP contribution in [0.15, 0.2) is 91.0 Å². The summed E-state index contributed by atoms with van der Waals surface area (Å²) >= 11 is 0. The highest BCUT2D eigenvalue weighted by atomic mass is 19.3. The number of hydrogen-bond acceptors (Lipinski definition) is 6. The maximum absolute atomic E-state index is 13.1. The van der Waals surface area contributed by atoms with Gasteiger partial charge in [0, 0.05) is 10.9 Å². The highest BCUT2D eigenvalue weighted by molar-refractivity contribution is 6.06. The number of esters is 1. The summed E-state index contributed by atoms with van der Waals surface area (Å²) in [5.41, 5.74) is 2.20. The van der Waals surface area contributed by atoms with Crippen LogP contribution in [0.5, 0.6) is 11.5 Å². The van der Waals surface area contributed by atoms with Gasteiger partial charge in [0.15, 0.2) is 6.61 Å². The van der Waals surface area contributed by atoms with Crippen molar-refractivity contribution in [1.82, 2.24) is 4.98 Å². The highest BCUT2D eigenvalue weighted by Crippen LogP contribution is 2.30. The molecule has 0 aliphatic rings. The number of carbonyl (C=O) groups excluding carboxylic acids is 2. The molecule has 0 unspecified atom stereocenters. The number of rotatable bonds is 8. The standard InChI is InChI=1S/C30H22F2N2O5/c1-37-21-13-12-18-14-20(11-10-19(18)15-21)26-16-23(22-6-2-3-7-24(22)33-26)29(36)38-17-28(35)34-25-8-4-5-9-27(25)39-30(31)32/h2-16,30H,17H2,1H3,(H,34,35). The summed E-state index contributed by atoms with van der Waals surface area (Å²) in [4.78, 5) is 30.3. The Kier molecular flexibility index (Phi) is 7.31. The molecule has 5 aromatic rings. The second-order valence-corrected chi connectivity index (χ2v) is 8.50. The van der Waals surface area contributed by atoms with Gasteiger partial charge >= 0.3 is 12.6 Å². The third-order valence-electron chi connectivity index (χ3n) is 5.99. The number of hydrogen-bond donors (Lipinski definition) is 1. The molecular formula is C30H22F2N2O5. The molecule has 0 radical (unpaired) electrons. The molecule has 196 valence electrons. The Balaban J connectivity index is 1.39. The van der Waals surface area contributed by atoms with E-state index in [1.807, 2.05) is 42.5 Å². The van der Waals surface area contributed by atoms with Gasteiger partial charge in [-0.1, -0.05) is 48.5 Å². The summed E-state index contributed by atoms with van der Waals surface area (Å²) < 4.78 is 40.3. The lowest BCUT2D eigenvalue weighted by atomic mass is 10.0. The summed E-state index contributed by atoms with van der Waals surface area (Å²) in [6.45, 7) is -3.69. The molecule has 0 atom stereocenters. The van der Waals surface area contributed by atoms with Crippen LogP contribution in [0.3, 0.4) is 0 Å². The van der Waals surface area contributed by atoms with Gasteiger partial charge in [-0.2, -0.15) is 8.78 Å². The van der Waals surface area contributed by atoms with Gasteiger partial charge in [0.05, 0.1) is 29.6 Å². The van der Waals surface area contributed by atoms with Crippen LogP contribution in [0, 0.1) is 0 Å². The molecule has 5 rings (SSSR count). The van der Waals surface area contributed by atoms with Crippen LogP contribution in [0.4, 0.5) is 14.5 Å². The number of para-hydroxylation sites is 3. The van der Waals surface area contributed by atoms with Gasteiger partial charge in [0.2, 0.25) is 0 Å². The number of carbonyl (C=O) groups is 2. The van der Waals surface area contributed by atoms with Gasteiger partial charge < -0.3 is 19.5 Å². The van der Waals surface area contributed by atoms with E-state index >= 15 is 0 Å². The Morgan fingerprint density at radius 3 is 2.46 bits per heavy atom. The average Bonchev–Trinajstić information content (AvgIpc) is 2.95. The molecule has 0 fully saturated rings. The van der Waals surface area contributed by atoms with E-state index in [0.29, 0.717) is 16.6 Å². The predicted molar refractivity (Wildman–Crippen MR) is 143 cm³/mol. The zero-order chi connectivity index (χ0) is 27.4. The lowest BCUT2D eigenvalue weighted by Crippen LogP contribution is -2.21. The van der Waals surface area contributed by atoms with E-state index < -0.39 is 25.1 Å². The number of aromatic nitrogens is 1. The highest BCUT2D eigenvalue weighted by Gasteiger charge is 2.18. The van der Waals surface area contributed by atoms with Gasteiger partial charge in [-0.25, -0.2) is 9.78 Å². The first-order chi connectivity index (χ1) is 18.9. The minimum Gasteiger partial charge on any atom is -0.497 e. The first-order valence-electron chi connectivity index (χ1n) is 11.9. The van der Waals surface area contributed by atoms with E-state index in [4.69, 9.17) is 14.5 Å². The van der Waals surface area contributed by atoms with Gasteiger partial charge in [-0.3, -0.25) is 4.79 Å². The first kappa shape index (κ1) is 25.6. The molecule has 1 heterocycles. The maximum atomic E-state index is 13.1. The zero-order valence-corrected chi connectivity index (χ0v) is 20.7. The number of amides is 1. The van der Waals surface area contributed by atoms with Crippen molar-refractivity contribution in [2.24, 2.45) is 0 Å². The number of methoxy groups -OCH3 is 1. The fourth-order valence-electron chi connectivity index (χ4n) is 4.17. The minimum absolute atomic E-state index is 0.0319. The molecule has 1 aromatic heterocycles. The number of nitrogens with one attached hydrogen (secondary N) is 1. The molecule has 39 heavy (non-hydrogen) atoms. The number of pyridine rings is 1. The number of fused-ring (bicyclic) bond motifs is 2. The zero-order valence-electron chi connectivity index (χ0n) is 20.7. The molecule has 0 saturated carbocycles. The summed E-state index contributed by atoms with van der Waals surface area (Å²) in [6.07, 6.45) is 0. The number of anilines is 1. The third-order valence-corrected chi connectivity index (χ3v) is 5.99. The molecule has 1 amide bonds. The van der Waals surface area contributed by atoms with E-state index in [2.05, 4.69) is 10.1 Å². The quantitative estimate of drug-likeness (QED) is 0.233. The molecule has 4 aromatic carbocycles. The van der Waals surface area contributed by atoms with Crippen LogP contribution >= 0.6 is 0 Å². The normalized spacial score (nSPS) is 11.0. The van der Waals surface area contributed by atoms with Crippen molar-refractivity contribution in [3.63, 3.8) is 0 Å². The molecule has 9 heteroatoms. The number of alkyl halides is 2. The van der Waals surface area contributed by atoms with Crippen LogP contribution in [0.1, 0.15) is 10.4 Å². The van der Waals surface area contributed by atoms with Crippen LogP contribution in [-0.2, 0) is 9.53 Å². The molecule has 1 N–H and O–H groups in total. The van der Waals surface area contributed by atoms with Crippen molar-refractivity contribution in [1.29, 1.82) is 0 Å². The first-order valence-corrected chi connectivity index (χ1v) is 11.9.